The Balaban J connectivity index is 2.12. The summed E-state index contributed by atoms with van der Waals surface area (Å²) in [5.41, 5.74) is 0.716. The number of hydrogen-bond donors (Lipinski definition) is 0. The lowest BCUT2D eigenvalue weighted by atomic mass is 10.1. The Labute approximate surface area is 104 Å². The zero-order chi connectivity index (χ0) is 13.3. The molecule has 1 aromatic rings. The van der Waals surface area contributed by atoms with Gasteiger partial charge in [-0.2, -0.15) is 8.42 Å². The van der Waals surface area contributed by atoms with Crippen molar-refractivity contribution >= 4 is 21.9 Å². The van der Waals surface area contributed by atoms with Crippen LogP contribution in [0.25, 0.3) is 0 Å². The molecule has 1 amide bonds. The molecule has 1 aliphatic rings. The zero-order valence-electron chi connectivity index (χ0n) is 9.71. The van der Waals surface area contributed by atoms with Crippen LogP contribution in [0.5, 0.6) is 0 Å². The maximum atomic E-state index is 12.6. The standard InChI is InChI=1S/C10H12FN3O3S/c1-7-3-13-9(4-12-7)14-5-8(2-10(14)15)6-18(11,16)17/h3-4,8H,2,5-6H2,1H3. The monoisotopic (exact) mass is 273 g/mol. The minimum atomic E-state index is -4.56. The SMILES string of the molecule is Cc1cnc(N2CC(CS(=O)(=O)F)CC2=O)cn1. The summed E-state index contributed by atoms with van der Waals surface area (Å²) in [4.78, 5) is 21.1. The van der Waals surface area contributed by atoms with Crippen LogP contribution >= 0.6 is 0 Å². The van der Waals surface area contributed by atoms with E-state index in [-0.39, 0.29) is 18.9 Å². The molecule has 0 spiro atoms. The van der Waals surface area contributed by atoms with Crippen LogP contribution < -0.4 is 4.90 Å². The van der Waals surface area contributed by atoms with Gasteiger partial charge < -0.3 is 0 Å². The van der Waals surface area contributed by atoms with Crippen LogP contribution in [-0.4, -0.2) is 36.6 Å². The van der Waals surface area contributed by atoms with E-state index < -0.39 is 21.9 Å². The molecule has 98 valence electrons. The molecule has 1 atom stereocenters. The molecule has 0 N–H and O–H groups in total. The highest BCUT2D eigenvalue weighted by Gasteiger charge is 2.34. The molecule has 0 radical (unpaired) electrons. The molecule has 8 heteroatoms. The van der Waals surface area contributed by atoms with E-state index in [0.717, 1.165) is 0 Å². The lowest BCUT2D eigenvalue weighted by molar-refractivity contribution is -0.117. The van der Waals surface area contributed by atoms with Crippen molar-refractivity contribution in [1.29, 1.82) is 0 Å². The molecule has 1 unspecified atom stereocenters. The smallest absolute Gasteiger partial charge is 0.295 e. The van der Waals surface area contributed by atoms with Crippen molar-refractivity contribution in [3.8, 4) is 0 Å². The fourth-order valence-corrected chi connectivity index (χ4v) is 2.71. The van der Waals surface area contributed by atoms with E-state index in [1.807, 2.05) is 0 Å². The summed E-state index contributed by atoms with van der Waals surface area (Å²) in [7, 11) is -4.56. The van der Waals surface area contributed by atoms with Gasteiger partial charge >= 0.3 is 10.2 Å². The summed E-state index contributed by atoms with van der Waals surface area (Å²) in [6.45, 7) is 1.92. The maximum absolute atomic E-state index is 12.6. The number of anilines is 1. The van der Waals surface area contributed by atoms with E-state index in [4.69, 9.17) is 0 Å². The van der Waals surface area contributed by atoms with Crippen LogP contribution in [0.2, 0.25) is 0 Å². The molecule has 6 nitrogen and oxygen atoms in total. The van der Waals surface area contributed by atoms with Gasteiger partial charge in [-0.3, -0.25) is 14.7 Å². The predicted octanol–water partition coefficient (Wildman–Crippen LogP) is 0.437. The van der Waals surface area contributed by atoms with Gasteiger partial charge in [-0.1, -0.05) is 0 Å². The molecule has 1 fully saturated rings. The lowest BCUT2D eigenvalue weighted by Crippen LogP contribution is -2.26. The van der Waals surface area contributed by atoms with Crippen molar-refractivity contribution < 1.29 is 17.1 Å². The van der Waals surface area contributed by atoms with Crippen molar-refractivity contribution in [2.75, 3.05) is 17.2 Å². The number of halogens is 1. The van der Waals surface area contributed by atoms with Crippen molar-refractivity contribution in [1.82, 2.24) is 9.97 Å². The molecule has 0 bridgehead atoms. The molecule has 18 heavy (non-hydrogen) atoms. The lowest BCUT2D eigenvalue weighted by Gasteiger charge is -2.14. The fraction of sp³-hybridized carbons (Fsp3) is 0.500. The Morgan fingerprint density at radius 2 is 2.17 bits per heavy atom. The average molecular weight is 273 g/mol. The van der Waals surface area contributed by atoms with E-state index in [9.17, 15) is 17.1 Å². The van der Waals surface area contributed by atoms with Gasteiger partial charge in [0, 0.05) is 18.9 Å². The number of rotatable bonds is 3. The third-order valence-corrected chi connectivity index (χ3v) is 3.55. The molecule has 0 saturated carbocycles. The number of aryl methyl sites for hydroxylation is 1. The first-order valence-corrected chi connectivity index (χ1v) is 6.92. The highest BCUT2D eigenvalue weighted by Crippen LogP contribution is 2.24. The second kappa shape index (κ2) is 4.60. The highest BCUT2D eigenvalue weighted by molar-refractivity contribution is 7.86. The van der Waals surface area contributed by atoms with Crippen molar-refractivity contribution in [3.05, 3.63) is 18.1 Å². The summed E-state index contributed by atoms with van der Waals surface area (Å²) < 4.78 is 33.7. The van der Waals surface area contributed by atoms with Crippen molar-refractivity contribution in [2.24, 2.45) is 5.92 Å². The summed E-state index contributed by atoms with van der Waals surface area (Å²) in [6.07, 6.45) is 2.97. The highest BCUT2D eigenvalue weighted by atomic mass is 32.3. The first-order chi connectivity index (χ1) is 8.35. The van der Waals surface area contributed by atoms with Crippen LogP contribution in [0.3, 0.4) is 0 Å². The van der Waals surface area contributed by atoms with Crippen LogP contribution in [0, 0.1) is 12.8 Å². The van der Waals surface area contributed by atoms with E-state index in [1.54, 1.807) is 6.92 Å². The van der Waals surface area contributed by atoms with Gasteiger partial charge in [0.1, 0.15) is 0 Å². The summed E-state index contributed by atoms with van der Waals surface area (Å²) in [5.74, 6) is -1.06. The third-order valence-electron chi connectivity index (χ3n) is 2.68. The fourth-order valence-electron chi connectivity index (χ4n) is 1.92. The first-order valence-electron chi connectivity index (χ1n) is 5.36. The number of hydrogen-bond acceptors (Lipinski definition) is 5. The Morgan fingerprint density at radius 3 is 2.72 bits per heavy atom. The van der Waals surface area contributed by atoms with E-state index >= 15 is 0 Å². The van der Waals surface area contributed by atoms with E-state index in [1.165, 1.54) is 17.3 Å². The number of amides is 1. The van der Waals surface area contributed by atoms with Crippen LogP contribution in [-0.2, 0) is 15.0 Å². The largest absolute Gasteiger partial charge is 0.302 e. The first kappa shape index (κ1) is 12.9. The second-order valence-corrected chi connectivity index (χ2v) is 5.71. The number of aromatic nitrogens is 2. The number of carbonyl (C=O) groups is 1. The summed E-state index contributed by atoms with van der Waals surface area (Å²) in [6, 6.07) is 0. The molecule has 1 aromatic heterocycles. The van der Waals surface area contributed by atoms with Gasteiger partial charge in [-0.05, 0) is 6.92 Å². The van der Waals surface area contributed by atoms with Crippen LogP contribution in [0.1, 0.15) is 12.1 Å². The minimum absolute atomic E-state index is 0.0126. The molecule has 0 aliphatic carbocycles. The Hall–Kier alpha value is -1.57. The molecule has 1 saturated heterocycles. The maximum Gasteiger partial charge on any atom is 0.302 e. The molecular formula is C10H12FN3O3S. The molecular weight excluding hydrogens is 261 g/mol. The quantitative estimate of drug-likeness (QED) is 0.746. The topological polar surface area (TPSA) is 80.2 Å². The van der Waals surface area contributed by atoms with Gasteiger partial charge in [-0.15, -0.1) is 3.89 Å². The summed E-state index contributed by atoms with van der Waals surface area (Å²) >= 11 is 0. The van der Waals surface area contributed by atoms with Gasteiger partial charge in [-0.25, -0.2) is 4.98 Å². The van der Waals surface area contributed by atoms with Gasteiger partial charge in [0.2, 0.25) is 5.91 Å². The predicted molar refractivity (Wildman–Crippen MR) is 62.1 cm³/mol. The molecule has 2 heterocycles. The number of nitrogens with zero attached hydrogens (tertiary/aromatic N) is 3. The zero-order valence-corrected chi connectivity index (χ0v) is 10.5. The normalized spacial score (nSPS) is 20.4. The van der Waals surface area contributed by atoms with Crippen LogP contribution in [0.15, 0.2) is 12.4 Å². The molecule has 0 aromatic carbocycles. The van der Waals surface area contributed by atoms with Crippen molar-refractivity contribution in [3.63, 3.8) is 0 Å². The third kappa shape index (κ3) is 3.00. The number of carbonyl (C=O) groups excluding carboxylic acids is 1. The van der Waals surface area contributed by atoms with Gasteiger partial charge in [0.15, 0.2) is 5.82 Å². The molecule has 1 aliphatic heterocycles. The molecule has 2 rings (SSSR count). The Morgan fingerprint density at radius 1 is 1.44 bits per heavy atom. The van der Waals surface area contributed by atoms with Gasteiger partial charge in [0.05, 0.1) is 23.8 Å². The van der Waals surface area contributed by atoms with E-state index in [2.05, 4.69) is 9.97 Å². The Kier molecular flexibility index (Phi) is 3.29. The average Bonchev–Trinajstić information content (AvgIpc) is 2.58. The Bertz CT molecular complexity index is 558. The van der Waals surface area contributed by atoms with E-state index in [0.29, 0.717) is 11.5 Å². The van der Waals surface area contributed by atoms with Crippen LogP contribution in [0.4, 0.5) is 9.70 Å². The second-order valence-electron chi connectivity index (χ2n) is 4.30. The minimum Gasteiger partial charge on any atom is -0.295 e. The van der Waals surface area contributed by atoms with Gasteiger partial charge in [0.25, 0.3) is 0 Å². The summed E-state index contributed by atoms with van der Waals surface area (Å²) in [5, 5.41) is 0. The van der Waals surface area contributed by atoms with Crippen molar-refractivity contribution in [2.45, 2.75) is 13.3 Å².